The monoisotopic (exact) mass is 625 g/mol. The number of cyclic esters (lactones) is 1. The number of carbonyl (C=O) groups is 2. The van der Waals surface area contributed by atoms with Crippen LogP contribution in [0.4, 0.5) is 0 Å². The Labute approximate surface area is 265 Å². The van der Waals surface area contributed by atoms with Gasteiger partial charge >= 0.3 is 11.9 Å². The summed E-state index contributed by atoms with van der Waals surface area (Å²) in [6, 6.07) is 0. The molecule has 1 aromatic heterocycles. The number of nitrogens with zero attached hydrogens (tertiary/aromatic N) is 1. The number of carbonyl (C=O) groups excluding carboxylic acids is 2. The lowest BCUT2D eigenvalue weighted by Gasteiger charge is -2.33. The van der Waals surface area contributed by atoms with Crippen molar-refractivity contribution in [3.05, 3.63) is 59.4 Å². The molecule has 5 rings (SSSR count). The highest BCUT2D eigenvalue weighted by molar-refractivity contribution is 5.78. The van der Waals surface area contributed by atoms with Crippen molar-refractivity contribution in [3.63, 3.8) is 0 Å². The minimum absolute atomic E-state index is 0.0130. The van der Waals surface area contributed by atoms with Gasteiger partial charge in [-0.1, -0.05) is 44.2 Å². The first-order valence-electron chi connectivity index (χ1n) is 16.0. The molecule has 0 spiro atoms. The van der Waals surface area contributed by atoms with Gasteiger partial charge in [-0.05, 0) is 56.8 Å². The van der Waals surface area contributed by atoms with Gasteiger partial charge in [-0.15, -0.1) is 0 Å². The number of aryl methyl sites for hydroxylation is 1. The molecule has 11 atom stereocenters. The minimum atomic E-state index is -0.905. The number of oxazole rings is 1. The topological polar surface area (TPSA) is 133 Å². The number of methoxy groups -OCH3 is 1. The second-order valence-electron chi connectivity index (χ2n) is 13.3. The van der Waals surface area contributed by atoms with Crippen LogP contribution in [-0.4, -0.2) is 77.5 Å². The first-order valence-corrected chi connectivity index (χ1v) is 16.0. The van der Waals surface area contributed by atoms with Gasteiger partial charge in [0.15, 0.2) is 12.0 Å². The summed E-state index contributed by atoms with van der Waals surface area (Å²) in [5, 5.41) is 11.4. The lowest BCUT2D eigenvalue weighted by molar-refractivity contribution is -0.159. The second kappa shape index (κ2) is 13.7. The third kappa shape index (κ3) is 8.03. The van der Waals surface area contributed by atoms with Crippen molar-refractivity contribution in [2.45, 2.75) is 116 Å². The van der Waals surface area contributed by atoms with Crippen LogP contribution >= 0.6 is 0 Å². The molecule has 45 heavy (non-hydrogen) atoms. The van der Waals surface area contributed by atoms with Crippen LogP contribution in [0.5, 0.6) is 0 Å². The number of aliphatic hydroxyl groups excluding tert-OH is 1. The highest BCUT2D eigenvalue weighted by Crippen LogP contribution is 2.44. The molecular formula is C35H47NO9. The number of allylic oxidation sites excluding steroid dienone is 4. The molecule has 3 saturated heterocycles. The smallest absolute Gasteiger partial charge is 0.338 e. The number of hydrogen-bond donors (Lipinski definition) is 1. The number of aliphatic hydroxyl groups is 1. The Morgan fingerprint density at radius 3 is 2.62 bits per heavy atom. The van der Waals surface area contributed by atoms with Crippen LogP contribution in [0, 0.1) is 24.7 Å². The Hall–Kier alpha value is -3.05. The van der Waals surface area contributed by atoms with E-state index in [0.717, 1.165) is 16.8 Å². The molecule has 1 aromatic rings. The van der Waals surface area contributed by atoms with E-state index in [1.807, 2.05) is 71.1 Å². The maximum Gasteiger partial charge on any atom is 0.338 e. The molecule has 3 fully saturated rings. The fraction of sp³-hybridized carbons (Fsp3) is 0.629. The number of rotatable bonds is 7. The molecular weight excluding hydrogens is 578 g/mol. The second-order valence-corrected chi connectivity index (χ2v) is 13.3. The van der Waals surface area contributed by atoms with Gasteiger partial charge in [-0.2, -0.15) is 0 Å². The van der Waals surface area contributed by atoms with Gasteiger partial charge in [0.1, 0.15) is 35.9 Å². The van der Waals surface area contributed by atoms with Crippen LogP contribution in [0.15, 0.2) is 52.2 Å². The van der Waals surface area contributed by atoms with E-state index >= 15 is 0 Å². The number of aromatic nitrogens is 1. The Bertz CT molecular complexity index is 1360. The van der Waals surface area contributed by atoms with Gasteiger partial charge in [0.25, 0.3) is 0 Å². The lowest BCUT2D eigenvalue weighted by atomic mass is 9.84. The van der Waals surface area contributed by atoms with Crippen molar-refractivity contribution >= 4 is 18.0 Å². The van der Waals surface area contributed by atoms with Crippen LogP contribution in [0.25, 0.3) is 6.08 Å². The zero-order valence-electron chi connectivity index (χ0n) is 27.3. The average molecular weight is 626 g/mol. The van der Waals surface area contributed by atoms with Crippen molar-refractivity contribution in [1.29, 1.82) is 0 Å². The SMILES string of the molecule is CO[C@@H](/C(C)=C/C=C/C(C)=C/c1coc(C)n1)[C@@H](C)[C@@H]1C[C@H](O)[C@]2(C)OC2/C=C/C(C)C2C[C@H](CC(=O)O2)C[C@H]2O[C@H]2C(=O)O1. The highest BCUT2D eigenvalue weighted by atomic mass is 16.6. The van der Waals surface area contributed by atoms with Crippen molar-refractivity contribution in [1.82, 2.24) is 4.98 Å². The van der Waals surface area contributed by atoms with Crippen molar-refractivity contribution in [3.8, 4) is 0 Å². The maximum atomic E-state index is 13.4. The summed E-state index contributed by atoms with van der Waals surface area (Å²) in [4.78, 5) is 30.1. The molecule has 1 N–H and O–H groups in total. The Morgan fingerprint density at radius 1 is 1.16 bits per heavy atom. The zero-order valence-corrected chi connectivity index (χ0v) is 27.3. The fourth-order valence-electron chi connectivity index (χ4n) is 6.64. The summed E-state index contributed by atoms with van der Waals surface area (Å²) in [6.45, 7) is 11.6. The van der Waals surface area contributed by atoms with Crippen molar-refractivity contribution < 1.29 is 42.8 Å². The van der Waals surface area contributed by atoms with Crippen LogP contribution in [0.2, 0.25) is 0 Å². The summed E-state index contributed by atoms with van der Waals surface area (Å²) >= 11 is 0. The van der Waals surface area contributed by atoms with E-state index in [1.54, 1.807) is 20.3 Å². The van der Waals surface area contributed by atoms with Gasteiger partial charge in [0.2, 0.25) is 0 Å². The molecule has 3 unspecified atom stereocenters. The number of epoxide rings is 2. The molecule has 5 heterocycles. The summed E-state index contributed by atoms with van der Waals surface area (Å²) in [5.74, 6) is -0.316. The minimum Gasteiger partial charge on any atom is -0.462 e. The largest absolute Gasteiger partial charge is 0.462 e. The molecule has 0 radical (unpaired) electrons. The highest BCUT2D eigenvalue weighted by Gasteiger charge is 2.57. The van der Waals surface area contributed by atoms with E-state index in [0.29, 0.717) is 25.2 Å². The molecule has 0 aliphatic carbocycles. The Balaban J connectivity index is 1.33. The third-order valence-electron chi connectivity index (χ3n) is 9.63. The van der Waals surface area contributed by atoms with Crippen LogP contribution < -0.4 is 0 Å². The number of esters is 2. The Kier molecular flexibility index (Phi) is 10.2. The van der Waals surface area contributed by atoms with Crippen molar-refractivity contribution in [2.24, 2.45) is 17.8 Å². The lowest BCUT2D eigenvalue weighted by Crippen LogP contribution is -2.42. The third-order valence-corrected chi connectivity index (χ3v) is 9.63. The molecule has 4 aliphatic rings. The van der Waals surface area contributed by atoms with Crippen molar-refractivity contribution in [2.75, 3.05) is 7.11 Å². The van der Waals surface area contributed by atoms with Gasteiger partial charge in [0.05, 0.1) is 18.3 Å². The molecule has 246 valence electrons. The molecule has 0 aromatic carbocycles. The number of ether oxygens (including phenoxy) is 5. The van der Waals surface area contributed by atoms with Crippen LogP contribution in [0.3, 0.4) is 0 Å². The molecule has 2 bridgehead atoms. The summed E-state index contributed by atoms with van der Waals surface area (Å²) < 4.78 is 34.7. The van der Waals surface area contributed by atoms with Gasteiger partial charge in [-0.25, -0.2) is 9.78 Å². The van der Waals surface area contributed by atoms with E-state index in [2.05, 4.69) is 4.98 Å². The molecule has 4 aliphatic heterocycles. The van der Waals surface area contributed by atoms with Gasteiger partial charge in [0, 0.05) is 38.7 Å². The average Bonchev–Trinajstić information content (AvgIpc) is 3.86. The summed E-state index contributed by atoms with van der Waals surface area (Å²) in [7, 11) is 1.63. The van der Waals surface area contributed by atoms with Crippen LogP contribution in [0.1, 0.15) is 71.9 Å². The maximum absolute atomic E-state index is 13.4. The van der Waals surface area contributed by atoms with Gasteiger partial charge in [-0.3, -0.25) is 4.79 Å². The molecule has 0 amide bonds. The number of fused-ring (bicyclic) bond motifs is 4. The first kappa shape index (κ1) is 33.3. The summed E-state index contributed by atoms with van der Waals surface area (Å²) in [5.41, 5.74) is 1.86. The molecule has 0 saturated carbocycles. The quantitative estimate of drug-likeness (QED) is 0.190. The van der Waals surface area contributed by atoms with E-state index in [1.165, 1.54) is 0 Å². The predicted octanol–water partition coefficient (Wildman–Crippen LogP) is 5.05. The predicted molar refractivity (Wildman–Crippen MR) is 166 cm³/mol. The Morgan fingerprint density at radius 2 is 1.91 bits per heavy atom. The fourth-order valence-corrected chi connectivity index (χ4v) is 6.64. The van der Waals surface area contributed by atoms with E-state index < -0.39 is 36.0 Å². The van der Waals surface area contributed by atoms with E-state index in [-0.39, 0.29) is 48.5 Å². The molecule has 10 heteroatoms. The van der Waals surface area contributed by atoms with Crippen LogP contribution in [-0.2, 0) is 33.3 Å². The zero-order chi connectivity index (χ0) is 32.5. The van der Waals surface area contributed by atoms with Gasteiger partial charge < -0.3 is 33.2 Å². The molecule has 10 nitrogen and oxygen atoms in total. The van der Waals surface area contributed by atoms with E-state index in [9.17, 15) is 14.7 Å². The summed E-state index contributed by atoms with van der Waals surface area (Å²) in [6.07, 6.45) is 11.7. The first-order chi connectivity index (χ1) is 21.4. The standard InChI is InChI=1S/C35H47NO9/c1-19(13-25-18-41-23(5)36-25)9-8-10-21(3)32(40-7)22(4)27-17-29(37)35(6)30(45-35)12-11-20(2)26-14-24(16-31(38)42-26)15-28-33(43-28)34(39)44-27/h8-13,18,20,22,24,26-30,32-33,37H,14-17H2,1-7H3/b9-8+,12-11+,19-13+,21-10+/t20?,22-,24-,26?,27-,28+,29-,30?,32-,33+,35-/m0/s1. The normalized spacial score (nSPS) is 38.0. The van der Waals surface area contributed by atoms with E-state index in [4.69, 9.17) is 28.1 Å². The number of hydrogen-bond acceptors (Lipinski definition) is 10.